The van der Waals surface area contributed by atoms with Crippen molar-refractivity contribution in [2.45, 2.75) is 43.9 Å². The Morgan fingerprint density at radius 1 is 1.14 bits per heavy atom. The maximum absolute atomic E-state index is 13.8. The van der Waals surface area contributed by atoms with Crippen molar-refractivity contribution >= 4 is 23.4 Å². The molecule has 2 saturated heterocycles. The standard InChI is InChI=1S/C21H21ClF2N2O2/c1-26-14-4-5-15(26)11-16(10-14)28-21(27)25-20-7-3-13(23)9-17(20)12-2-6-19(24)18(22)8-12/h2-3,6-9,14-16H,4-5,10-11H2,1H3,(H,25,27). The molecule has 0 spiro atoms. The van der Waals surface area contributed by atoms with Crippen molar-refractivity contribution in [1.82, 2.24) is 4.90 Å². The topological polar surface area (TPSA) is 41.6 Å². The number of fused-ring (bicyclic) bond motifs is 2. The summed E-state index contributed by atoms with van der Waals surface area (Å²) in [5.41, 5.74) is 1.28. The Morgan fingerprint density at radius 2 is 1.86 bits per heavy atom. The molecule has 2 aliphatic heterocycles. The highest BCUT2D eigenvalue weighted by molar-refractivity contribution is 6.31. The van der Waals surface area contributed by atoms with Gasteiger partial charge >= 0.3 is 6.09 Å². The first-order valence-electron chi connectivity index (χ1n) is 9.35. The van der Waals surface area contributed by atoms with Crippen LogP contribution in [0.5, 0.6) is 0 Å². The molecular formula is C21H21ClF2N2O2. The molecule has 0 aromatic heterocycles. The van der Waals surface area contributed by atoms with Crippen LogP contribution >= 0.6 is 11.6 Å². The van der Waals surface area contributed by atoms with E-state index in [1.807, 2.05) is 0 Å². The van der Waals surface area contributed by atoms with E-state index in [4.69, 9.17) is 16.3 Å². The highest BCUT2D eigenvalue weighted by Crippen LogP contribution is 2.36. The lowest BCUT2D eigenvalue weighted by molar-refractivity contribution is 0.0348. The fraction of sp³-hybridized carbons (Fsp3) is 0.381. The molecule has 4 rings (SSSR count). The summed E-state index contributed by atoms with van der Waals surface area (Å²) in [5.74, 6) is -1.03. The normalized spacial score (nSPS) is 24.2. The zero-order valence-electron chi connectivity index (χ0n) is 15.4. The maximum Gasteiger partial charge on any atom is 0.411 e. The van der Waals surface area contributed by atoms with Crippen LogP contribution in [0.3, 0.4) is 0 Å². The summed E-state index contributed by atoms with van der Waals surface area (Å²) in [4.78, 5) is 14.8. The van der Waals surface area contributed by atoms with Crippen LogP contribution in [0, 0.1) is 11.6 Å². The van der Waals surface area contributed by atoms with E-state index < -0.39 is 17.7 Å². The quantitative estimate of drug-likeness (QED) is 0.736. The largest absolute Gasteiger partial charge is 0.446 e. The lowest BCUT2D eigenvalue weighted by Crippen LogP contribution is -2.43. The smallest absolute Gasteiger partial charge is 0.411 e. The molecule has 0 radical (unpaired) electrons. The minimum atomic E-state index is -0.574. The molecule has 28 heavy (non-hydrogen) atoms. The average molecular weight is 407 g/mol. The van der Waals surface area contributed by atoms with E-state index in [0.29, 0.717) is 28.9 Å². The van der Waals surface area contributed by atoms with Crippen LogP contribution in [0.25, 0.3) is 11.1 Å². The number of carbonyl (C=O) groups excluding carboxylic acids is 1. The van der Waals surface area contributed by atoms with Gasteiger partial charge < -0.3 is 9.64 Å². The van der Waals surface area contributed by atoms with Crippen LogP contribution < -0.4 is 5.32 Å². The number of carbonyl (C=O) groups is 1. The van der Waals surface area contributed by atoms with Crippen LogP contribution in [0.4, 0.5) is 19.3 Å². The summed E-state index contributed by atoms with van der Waals surface area (Å²) >= 11 is 5.85. The van der Waals surface area contributed by atoms with Gasteiger partial charge in [-0.2, -0.15) is 0 Å². The first-order valence-corrected chi connectivity index (χ1v) is 9.73. The van der Waals surface area contributed by atoms with Gasteiger partial charge in [0, 0.05) is 30.5 Å². The van der Waals surface area contributed by atoms with Gasteiger partial charge in [-0.1, -0.05) is 17.7 Å². The van der Waals surface area contributed by atoms with Crippen molar-refractivity contribution in [3.63, 3.8) is 0 Å². The lowest BCUT2D eigenvalue weighted by atomic mass is 10.0. The van der Waals surface area contributed by atoms with Crippen molar-refractivity contribution in [2.75, 3.05) is 12.4 Å². The second-order valence-corrected chi connectivity index (χ2v) is 7.90. The number of ether oxygens (including phenoxy) is 1. The van der Waals surface area contributed by atoms with Gasteiger partial charge in [0.1, 0.15) is 17.7 Å². The van der Waals surface area contributed by atoms with Crippen molar-refractivity contribution in [3.05, 3.63) is 53.1 Å². The third kappa shape index (κ3) is 3.84. The van der Waals surface area contributed by atoms with E-state index in [1.165, 1.54) is 36.4 Å². The van der Waals surface area contributed by atoms with Gasteiger partial charge in [0.25, 0.3) is 0 Å². The van der Waals surface area contributed by atoms with Gasteiger partial charge in [0.2, 0.25) is 0 Å². The number of amides is 1. The summed E-state index contributed by atoms with van der Waals surface area (Å²) in [6.07, 6.45) is 3.22. The average Bonchev–Trinajstić information content (AvgIpc) is 2.87. The molecule has 2 heterocycles. The first-order chi connectivity index (χ1) is 13.4. The van der Waals surface area contributed by atoms with Gasteiger partial charge in [0.15, 0.2) is 0 Å². The molecular weight excluding hydrogens is 386 g/mol. The third-order valence-electron chi connectivity index (χ3n) is 5.78. The number of anilines is 1. The maximum atomic E-state index is 13.8. The van der Waals surface area contributed by atoms with Crippen LogP contribution in [-0.4, -0.2) is 36.2 Å². The molecule has 4 nitrogen and oxygen atoms in total. The Hall–Kier alpha value is -2.18. The van der Waals surface area contributed by atoms with E-state index in [2.05, 4.69) is 17.3 Å². The summed E-state index contributed by atoms with van der Waals surface area (Å²) in [6.45, 7) is 0. The van der Waals surface area contributed by atoms with Gasteiger partial charge in [-0.15, -0.1) is 0 Å². The minimum absolute atomic E-state index is 0.0721. The molecule has 2 aromatic carbocycles. The number of halogens is 3. The molecule has 1 amide bonds. The van der Waals surface area contributed by atoms with Gasteiger partial charge in [-0.3, -0.25) is 5.32 Å². The number of hydrogen-bond donors (Lipinski definition) is 1. The Morgan fingerprint density at radius 3 is 2.54 bits per heavy atom. The fourth-order valence-electron chi connectivity index (χ4n) is 4.28. The number of rotatable bonds is 3. The molecule has 148 valence electrons. The Labute approximate surface area is 167 Å². The zero-order valence-corrected chi connectivity index (χ0v) is 16.2. The monoisotopic (exact) mass is 406 g/mol. The highest BCUT2D eigenvalue weighted by Gasteiger charge is 2.39. The van der Waals surface area contributed by atoms with Gasteiger partial charge in [-0.05, 0) is 55.8 Å². The summed E-state index contributed by atoms with van der Waals surface area (Å²) in [7, 11) is 2.12. The van der Waals surface area contributed by atoms with Crippen LogP contribution in [0.1, 0.15) is 25.7 Å². The molecule has 2 atom stereocenters. The SMILES string of the molecule is CN1C2CCC1CC(OC(=O)Nc1ccc(F)cc1-c1ccc(F)c(Cl)c1)C2. The summed E-state index contributed by atoms with van der Waals surface area (Å²) in [6, 6.07) is 8.99. The van der Waals surface area contributed by atoms with Crippen molar-refractivity contribution in [2.24, 2.45) is 0 Å². The highest BCUT2D eigenvalue weighted by atomic mass is 35.5. The first kappa shape index (κ1) is 19.2. The van der Waals surface area contributed by atoms with Gasteiger partial charge in [0.05, 0.1) is 10.7 Å². The second-order valence-electron chi connectivity index (χ2n) is 7.49. The lowest BCUT2D eigenvalue weighted by Gasteiger charge is -2.35. The van der Waals surface area contributed by atoms with E-state index in [0.717, 1.165) is 25.7 Å². The molecule has 0 saturated carbocycles. The molecule has 1 N–H and O–H groups in total. The van der Waals surface area contributed by atoms with Crippen LogP contribution in [-0.2, 0) is 4.74 Å². The number of hydrogen-bond acceptors (Lipinski definition) is 3. The van der Waals surface area contributed by atoms with E-state index in [-0.39, 0.29) is 11.1 Å². The van der Waals surface area contributed by atoms with Crippen molar-refractivity contribution in [3.8, 4) is 11.1 Å². The van der Waals surface area contributed by atoms with E-state index in [9.17, 15) is 13.6 Å². The summed E-state index contributed by atoms with van der Waals surface area (Å²) in [5, 5.41) is 2.63. The predicted molar refractivity (Wildman–Crippen MR) is 105 cm³/mol. The van der Waals surface area contributed by atoms with Crippen molar-refractivity contribution in [1.29, 1.82) is 0 Å². The molecule has 2 aromatic rings. The number of nitrogens with zero attached hydrogens (tertiary/aromatic N) is 1. The zero-order chi connectivity index (χ0) is 19.8. The molecule has 7 heteroatoms. The van der Waals surface area contributed by atoms with Gasteiger partial charge in [-0.25, -0.2) is 13.6 Å². The Balaban J connectivity index is 1.50. The molecule has 0 aliphatic carbocycles. The number of nitrogens with one attached hydrogen (secondary N) is 1. The third-order valence-corrected chi connectivity index (χ3v) is 6.07. The van der Waals surface area contributed by atoms with E-state index >= 15 is 0 Å². The molecule has 2 bridgehead atoms. The minimum Gasteiger partial charge on any atom is -0.446 e. The molecule has 2 unspecified atom stereocenters. The summed E-state index contributed by atoms with van der Waals surface area (Å²) < 4.78 is 32.9. The van der Waals surface area contributed by atoms with Crippen LogP contribution in [0.15, 0.2) is 36.4 Å². The number of piperidine rings is 1. The number of benzene rings is 2. The van der Waals surface area contributed by atoms with E-state index in [1.54, 1.807) is 0 Å². The molecule has 2 aliphatic rings. The molecule has 2 fully saturated rings. The Bertz CT molecular complexity index is 894. The fourth-order valence-corrected chi connectivity index (χ4v) is 4.46. The van der Waals surface area contributed by atoms with Crippen LogP contribution in [0.2, 0.25) is 5.02 Å². The Kier molecular flexibility index (Phi) is 5.25. The predicted octanol–water partition coefficient (Wildman–Crippen LogP) is 5.46. The second kappa shape index (κ2) is 7.68. The van der Waals surface area contributed by atoms with Crippen molar-refractivity contribution < 1.29 is 18.3 Å².